The van der Waals surface area contributed by atoms with Crippen LogP contribution < -0.4 is 5.32 Å². The summed E-state index contributed by atoms with van der Waals surface area (Å²) in [4.78, 5) is 9.79. The van der Waals surface area contributed by atoms with Crippen molar-refractivity contribution < 1.29 is 9.31 Å². The molecule has 78 valence electrons. The summed E-state index contributed by atoms with van der Waals surface area (Å²) in [6, 6.07) is 3.42. The van der Waals surface area contributed by atoms with Crippen molar-refractivity contribution >= 4 is 5.69 Å². The Morgan fingerprint density at radius 3 is 2.87 bits per heavy atom. The lowest BCUT2D eigenvalue weighted by molar-refractivity contribution is -0.385. The van der Waals surface area contributed by atoms with Crippen LogP contribution in [-0.4, -0.2) is 11.5 Å². The normalized spacial score (nSPS) is 9.60. The van der Waals surface area contributed by atoms with Gasteiger partial charge in [0.15, 0.2) is 0 Å². The van der Waals surface area contributed by atoms with Crippen molar-refractivity contribution in [1.29, 1.82) is 0 Å². The van der Waals surface area contributed by atoms with Crippen LogP contribution in [0.3, 0.4) is 0 Å². The summed E-state index contributed by atoms with van der Waals surface area (Å²) in [5.74, 6) is 1.73. The van der Waals surface area contributed by atoms with E-state index in [9.17, 15) is 14.5 Å². The van der Waals surface area contributed by atoms with Gasteiger partial charge < -0.3 is 5.32 Å². The van der Waals surface area contributed by atoms with Crippen molar-refractivity contribution in [2.75, 3.05) is 6.54 Å². The van der Waals surface area contributed by atoms with Gasteiger partial charge in [-0.05, 0) is 11.6 Å². The number of nitrogens with zero attached hydrogens (tertiary/aromatic N) is 1. The molecule has 1 N–H and O–H groups in total. The van der Waals surface area contributed by atoms with Gasteiger partial charge in [0.1, 0.15) is 5.82 Å². The van der Waals surface area contributed by atoms with Crippen molar-refractivity contribution in [1.82, 2.24) is 5.32 Å². The average molecular weight is 208 g/mol. The molecule has 0 atom stereocenters. The molecule has 4 nitrogen and oxygen atoms in total. The van der Waals surface area contributed by atoms with Crippen LogP contribution in [0.1, 0.15) is 5.56 Å². The maximum absolute atomic E-state index is 12.9. The van der Waals surface area contributed by atoms with E-state index < -0.39 is 10.7 Å². The second kappa shape index (κ2) is 5.08. The largest absolute Gasteiger partial charge is 0.302 e. The molecule has 0 amide bonds. The third-order valence-corrected chi connectivity index (χ3v) is 1.71. The summed E-state index contributed by atoms with van der Waals surface area (Å²) in [5.41, 5.74) is 0.240. The van der Waals surface area contributed by atoms with Crippen molar-refractivity contribution in [3.8, 4) is 12.3 Å². The molecule has 0 aliphatic heterocycles. The molecule has 0 bridgehead atoms. The van der Waals surface area contributed by atoms with Gasteiger partial charge in [-0.15, -0.1) is 6.42 Å². The Labute approximate surface area is 86.3 Å². The van der Waals surface area contributed by atoms with Crippen LogP contribution in [0.2, 0.25) is 0 Å². The maximum Gasteiger partial charge on any atom is 0.272 e. The number of nitro groups is 1. The SMILES string of the molecule is C#CCNCc1cc(F)cc([N+](=O)[O-])c1. The van der Waals surface area contributed by atoms with E-state index in [4.69, 9.17) is 6.42 Å². The Balaban J connectivity index is 2.80. The van der Waals surface area contributed by atoms with E-state index in [1.807, 2.05) is 0 Å². The van der Waals surface area contributed by atoms with Crippen molar-refractivity contribution in [2.24, 2.45) is 0 Å². The number of hydrogen-bond donors (Lipinski definition) is 1. The molecule has 0 aromatic heterocycles. The summed E-state index contributed by atoms with van der Waals surface area (Å²) in [6.07, 6.45) is 5.01. The van der Waals surface area contributed by atoms with Crippen molar-refractivity contribution in [2.45, 2.75) is 6.54 Å². The summed E-state index contributed by atoms with van der Waals surface area (Å²) < 4.78 is 12.9. The fourth-order valence-electron chi connectivity index (χ4n) is 1.12. The Morgan fingerprint density at radius 2 is 2.27 bits per heavy atom. The minimum absolute atomic E-state index is 0.257. The quantitative estimate of drug-likeness (QED) is 0.352. The van der Waals surface area contributed by atoms with E-state index in [1.54, 1.807) is 0 Å². The number of rotatable bonds is 4. The third-order valence-electron chi connectivity index (χ3n) is 1.71. The molecule has 0 unspecified atom stereocenters. The number of terminal acetylenes is 1. The van der Waals surface area contributed by atoms with Gasteiger partial charge in [-0.1, -0.05) is 5.92 Å². The van der Waals surface area contributed by atoms with E-state index >= 15 is 0 Å². The zero-order valence-corrected chi connectivity index (χ0v) is 7.87. The number of benzene rings is 1. The van der Waals surface area contributed by atoms with E-state index in [0.717, 1.165) is 6.07 Å². The van der Waals surface area contributed by atoms with Gasteiger partial charge in [0.05, 0.1) is 17.5 Å². The number of halogens is 1. The van der Waals surface area contributed by atoms with Crippen molar-refractivity contribution in [3.63, 3.8) is 0 Å². The van der Waals surface area contributed by atoms with Gasteiger partial charge in [-0.3, -0.25) is 10.1 Å². The van der Waals surface area contributed by atoms with Gasteiger partial charge in [0, 0.05) is 12.6 Å². The van der Waals surface area contributed by atoms with Gasteiger partial charge in [-0.2, -0.15) is 0 Å². The highest BCUT2D eigenvalue weighted by Gasteiger charge is 2.09. The molecule has 0 aliphatic carbocycles. The van der Waals surface area contributed by atoms with Crippen LogP contribution in [0.25, 0.3) is 0 Å². The number of hydrogen-bond acceptors (Lipinski definition) is 3. The summed E-state index contributed by atoms with van der Waals surface area (Å²) in [6.45, 7) is 0.646. The lowest BCUT2D eigenvalue weighted by Crippen LogP contribution is -2.13. The van der Waals surface area contributed by atoms with E-state index in [0.29, 0.717) is 18.7 Å². The highest BCUT2D eigenvalue weighted by atomic mass is 19.1. The lowest BCUT2D eigenvalue weighted by Gasteiger charge is -2.01. The first-order chi connectivity index (χ1) is 7.13. The second-order valence-corrected chi connectivity index (χ2v) is 2.88. The van der Waals surface area contributed by atoms with Crippen molar-refractivity contribution in [3.05, 3.63) is 39.7 Å². The highest BCUT2D eigenvalue weighted by molar-refractivity contribution is 5.35. The first-order valence-corrected chi connectivity index (χ1v) is 4.21. The topological polar surface area (TPSA) is 55.2 Å². The maximum atomic E-state index is 12.9. The molecule has 15 heavy (non-hydrogen) atoms. The number of nitro benzene ring substituents is 1. The molecule has 1 aromatic carbocycles. The predicted octanol–water partition coefficient (Wildman–Crippen LogP) is 1.46. The van der Waals surface area contributed by atoms with Gasteiger partial charge >= 0.3 is 0 Å². The van der Waals surface area contributed by atoms with E-state index in [2.05, 4.69) is 11.2 Å². The summed E-state index contributed by atoms with van der Waals surface area (Å²) >= 11 is 0. The standard InChI is InChI=1S/C10H9FN2O2/c1-2-3-12-7-8-4-9(11)6-10(5-8)13(14)15/h1,4-6,12H,3,7H2. The van der Waals surface area contributed by atoms with Crippen LogP contribution in [0, 0.1) is 28.3 Å². The van der Waals surface area contributed by atoms with Gasteiger partial charge in [-0.25, -0.2) is 4.39 Å². The first-order valence-electron chi connectivity index (χ1n) is 4.21. The Kier molecular flexibility index (Phi) is 3.77. The van der Waals surface area contributed by atoms with Crippen LogP contribution in [-0.2, 0) is 6.54 Å². The molecule has 0 heterocycles. The minimum atomic E-state index is -0.631. The van der Waals surface area contributed by atoms with Gasteiger partial charge in [0.2, 0.25) is 0 Å². The first kappa shape index (κ1) is 11.1. The fraction of sp³-hybridized carbons (Fsp3) is 0.200. The van der Waals surface area contributed by atoms with Crippen LogP contribution in [0.5, 0.6) is 0 Å². The van der Waals surface area contributed by atoms with Crippen LogP contribution in [0.4, 0.5) is 10.1 Å². The molecular formula is C10H9FN2O2. The van der Waals surface area contributed by atoms with Crippen LogP contribution in [0.15, 0.2) is 18.2 Å². The molecule has 1 rings (SSSR count). The van der Waals surface area contributed by atoms with Crippen LogP contribution >= 0.6 is 0 Å². The predicted molar refractivity (Wildman–Crippen MR) is 53.6 cm³/mol. The fourth-order valence-corrected chi connectivity index (χ4v) is 1.12. The molecule has 5 heteroatoms. The zero-order chi connectivity index (χ0) is 11.3. The highest BCUT2D eigenvalue weighted by Crippen LogP contribution is 2.15. The monoisotopic (exact) mass is 208 g/mol. The molecule has 0 radical (unpaired) electrons. The Hall–Kier alpha value is -1.93. The molecular weight excluding hydrogens is 199 g/mol. The summed E-state index contributed by atoms with van der Waals surface area (Å²) in [7, 11) is 0. The van der Waals surface area contributed by atoms with E-state index in [1.165, 1.54) is 12.1 Å². The smallest absolute Gasteiger partial charge is 0.272 e. The second-order valence-electron chi connectivity index (χ2n) is 2.88. The molecule has 1 aromatic rings. The molecule has 0 aliphatic rings. The minimum Gasteiger partial charge on any atom is -0.302 e. The molecule has 0 saturated heterocycles. The third kappa shape index (κ3) is 3.37. The molecule has 0 saturated carbocycles. The van der Waals surface area contributed by atoms with Gasteiger partial charge in [0.25, 0.3) is 5.69 Å². The number of non-ortho nitro benzene ring substituents is 1. The Bertz CT molecular complexity index is 412. The average Bonchev–Trinajstić information content (AvgIpc) is 2.17. The zero-order valence-electron chi connectivity index (χ0n) is 7.87. The number of nitrogens with one attached hydrogen (secondary N) is 1. The summed E-state index contributed by atoms with van der Waals surface area (Å²) in [5, 5.41) is 13.2. The molecule has 0 spiro atoms. The van der Waals surface area contributed by atoms with E-state index in [-0.39, 0.29) is 5.69 Å². The molecule has 0 fully saturated rings. The lowest BCUT2D eigenvalue weighted by atomic mass is 10.2. The Morgan fingerprint density at radius 1 is 1.53 bits per heavy atom.